The molecule has 1 atom stereocenters. The van der Waals surface area contributed by atoms with Crippen molar-refractivity contribution in [3.05, 3.63) is 46.8 Å². The van der Waals surface area contributed by atoms with Crippen LogP contribution in [0, 0.1) is 6.92 Å². The molecule has 0 fully saturated rings. The van der Waals surface area contributed by atoms with Crippen molar-refractivity contribution in [2.45, 2.75) is 113 Å². The van der Waals surface area contributed by atoms with E-state index in [-0.39, 0.29) is 17.9 Å². The number of benzene rings is 1. The van der Waals surface area contributed by atoms with E-state index in [1.54, 1.807) is 0 Å². The summed E-state index contributed by atoms with van der Waals surface area (Å²) in [5, 5.41) is 3.60. The third-order valence-electron chi connectivity index (χ3n) is 5.88. The van der Waals surface area contributed by atoms with E-state index in [1.807, 2.05) is 11.5 Å². The van der Waals surface area contributed by atoms with E-state index >= 15 is 0 Å². The molecule has 0 bridgehead atoms. The van der Waals surface area contributed by atoms with Gasteiger partial charge in [0, 0.05) is 19.5 Å². The van der Waals surface area contributed by atoms with E-state index in [2.05, 4.69) is 71.1 Å². The van der Waals surface area contributed by atoms with Gasteiger partial charge >= 0.3 is 0 Å². The number of aromatic nitrogens is 2. The van der Waals surface area contributed by atoms with Crippen molar-refractivity contribution in [1.29, 1.82) is 0 Å². The largest absolute Gasteiger partial charge is 0.353 e. The molecule has 2 aromatic rings. The van der Waals surface area contributed by atoms with E-state index in [0.29, 0.717) is 25.2 Å². The van der Waals surface area contributed by atoms with Crippen LogP contribution in [-0.4, -0.2) is 38.9 Å². The van der Waals surface area contributed by atoms with Crippen LogP contribution < -0.4 is 5.32 Å². The molecule has 6 nitrogen and oxygen atoms in total. The number of nitrogens with zero attached hydrogens (tertiary/aromatic N) is 3. The van der Waals surface area contributed by atoms with E-state index in [0.717, 1.165) is 49.3 Å². The van der Waals surface area contributed by atoms with E-state index in [9.17, 15) is 9.59 Å². The van der Waals surface area contributed by atoms with Crippen LogP contribution in [0.1, 0.15) is 114 Å². The van der Waals surface area contributed by atoms with Gasteiger partial charge in [0.15, 0.2) is 0 Å². The lowest BCUT2D eigenvalue weighted by Crippen LogP contribution is -2.37. The minimum absolute atomic E-state index is 0.242. The fourth-order valence-electron chi connectivity index (χ4n) is 3.95. The molecule has 0 aliphatic carbocycles. The Morgan fingerprint density at radius 3 is 2.14 bits per heavy atom. The number of hydrogen-bond acceptors (Lipinski definition) is 4. The van der Waals surface area contributed by atoms with Gasteiger partial charge in [-0.15, -0.1) is 0 Å². The van der Waals surface area contributed by atoms with E-state index in [4.69, 9.17) is 4.98 Å². The van der Waals surface area contributed by atoms with Crippen LogP contribution in [0.15, 0.2) is 24.3 Å². The first-order chi connectivity index (χ1) is 16.8. The van der Waals surface area contributed by atoms with Gasteiger partial charge in [-0.1, -0.05) is 83.7 Å². The Hall–Kier alpha value is -2.63. The van der Waals surface area contributed by atoms with Crippen LogP contribution in [-0.2, 0) is 17.8 Å². The van der Waals surface area contributed by atoms with Crippen LogP contribution in [0.5, 0.6) is 0 Å². The molecule has 0 aliphatic heterocycles. The maximum absolute atomic E-state index is 13.6. The second-order valence-electron chi connectivity index (χ2n) is 9.22. The number of hydrogen-bond donors (Lipinski definition) is 1. The number of imidazole rings is 1. The SMILES string of the molecule is CCC.CCCCc1nc(NC(CC)CCC)n(Cc2ccc(C)cc2)c1C(=O)N(CC)C(C)=O. The molecule has 1 N–H and O–H groups in total. The summed E-state index contributed by atoms with van der Waals surface area (Å²) < 4.78 is 1.99. The molecule has 0 radical (unpaired) electrons. The van der Waals surface area contributed by atoms with E-state index < -0.39 is 0 Å². The minimum Gasteiger partial charge on any atom is -0.353 e. The minimum atomic E-state index is -0.262. The zero-order valence-electron chi connectivity index (χ0n) is 23.4. The summed E-state index contributed by atoms with van der Waals surface area (Å²) in [5.41, 5.74) is 3.60. The summed E-state index contributed by atoms with van der Waals surface area (Å²) in [6.07, 6.45) is 7.02. The third-order valence-corrected chi connectivity index (χ3v) is 5.88. The topological polar surface area (TPSA) is 67.2 Å². The molecule has 2 rings (SSSR count). The van der Waals surface area contributed by atoms with Gasteiger partial charge in [-0.25, -0.2) is 4.98 Å². The number of rotatable bonds is 12. The maximum Gasteiger partial charge on any atom is 0.279 e. The monoisotopic (exact) mass is 484 g/mol. The average molecular weight is 485 g/mol. The summed E-state index contributed by atoms with van der Waals surface area (Å²) >= 11 is 0. The highest BCUT2D eigenvalue weighted by Crippen LogP contribution is 2.24. The number of carbonyl (C=O) groups is 2. The summed E-state index contributed by atoms with van der Waals surface area (Å²) in [5.74, 6) is 0.219. The molecule has 0 saturated carbocycles. The standard InChI is InChI=1S/C26H40N4O2.C3H8/c1-7-11-13-23-24(25(32)29(10-4)20(6)31)30(18-21-16-14-19(5)15-17-21)26(28-23)27-22(9-3)12-8-2;1-3-2/h14-17,22H,7-13,18H2,1-6H3,(H,27,28);3H2,1-2H3. The van der Waals surface area contributed by atoms with Crippen molar-refractivity contribution < 1.29 is 9.59 Å². The zero-order chi connectivity index (χ0) is 26.4. The molecular formula is C29H48N4O2. The van der Waals surface area contributed by atoms with Crippen LogP contribution in [0.25, 0.3) is 0 Å². The molecule has 1 aromatic carbocycles. The lowest BCUT2D eigenvalue weighted by molar-refractivity contribution is -0.126. The number of amides is 2. The number of anilines is 1. The molecule has 196 valence electrons. The zero-order valence-corrected chi connectivity index (χ0v) is 23.4. The van der Waals surface area contributed by atoms with Crippen molar-refractivity contribution in [3.8, 4) is 0 Å². The van der Waals surface area contributed by atoms with E-state index in [1.165, 1.54) is 23.8 Å². The molecule has 6 heteroatoms. The number of carbonyl (C=O) groups excluding carboxylic acids is 2. The molecule has 35 heavy (non-hydrogen) atoms. The van der Waals surface area contributed by atoms with Gasteiger partial charge < -0.3 is 9.88 Å². The first-order valence-electron chi connectivity index (χ1n) is 13.5. The normalized spacial score (nSPS) is 11.4. The van der Waals surface area contributed by atoms with Crippen LogP contribution in [0.3, 0.4) is 0 Å². The Morgan fingerprint density at radius 1 is 1.03 bits per heavy atom. The molecule has 2 amide bonds. The number of imide groups is 1. The Labute approximate surface area is 213 Å². The average Bonchev–Trinajstić information content (AvgIpc) is 3.15. The Balaban J connectivity index is 0.00000194. The van der Waals surface area contributed by atoms with Gasteiger partial charge in [0.05, 0.1) is 12.2 Å². The highest BCUT2D eigenvalue weighted by molar-refractivity contribution is 6.04. The second kappa shape index (κ2) is 16.1. The molecule has 1 unspecified atom stereocenters. The van der Waals surface area contributed by atoms with Crippen LogP contribution in [0.4, 0.5) is 5.95 Å². The van der Waals surface area contributed by atoms with Gasteiger partial charge in [0.25, 0.3) is 5.91 Å². The lowest BCUT2D eigenvalue weighted by atomic mass is 10.1. The molecule has 1 aromatic heterocycles. The Kier molecular flexibility index (Phi) is 14.0. The number of aryl methyl sites for hydroxylation is 2. The van der Waals surface area contributed by atoms with Crippen molar-refractivity contribution in [1.82, 2.24) is 14.5 Å². The van der Waals surface area contributed by atoms with Crippen molar-refractivity contribution in [2.24, 2.45) is 0 Å². The predicted molar refractivity (Wildman–Crippen MR) is 147 cm³/mol. The summed E-state index contributed by atoms with van der Waals surface area (Å²) in [6.45, 7) is 16.9. The fourth-order valence-corrected chi connectivity index (χ4v) is 3.95. The third kappa shape index (κ3) is 9.15. The number of nitrogens with one attached hydrogen (secondary N) is 1. The smallest absolute Gasteiger partial charge is 0.279 e. The molecule has 0 saturated heterocycles. The van der Waals surface area contributed by atoms with Crippen LogP contribution in [0.2, 0.25) is 0 Å². The number of unbranched alkanes of at least 4 members (excludes halogenated alkanes) is 1. The maximum atomic E-state index is 13.6. The first kappa shape index (κ1) is 30.4. The van der Waals surface area contributed by atoms with Crippen LogP contribution >= 0.6 is 0 Å². The van der Waals surface area contributed by atoms with Crippen molar-refractivity contribution in [3.63, 3.8) is 0 Å². The second-order valence-corrected chi connectivity index (χ2v) is 9.22. The Bertz CT molecular complexity index is 902. The summed E-state index contributed by atoms with van der Waals surface area (Å²) in [7, 11) is 0. The highest BCUT2D eigenvalue weighted by atomic mass is 16.2. The summed E-state index contributed by atoms with van der Waals surface area (Å²) in [4.78, 5) is 32.0. The van der Waals surface area contributed by atoms with Gasteiger partial charge in [-0.05, 0) is 45.1 Å². The molecule has 1 heterocycles. The first-order valence-corrected chi connectivity index (χ1v) is 13.5. The van der Waals surface area contributed by atoms with Crippen molar-refractivity contribution >= 4 is 17.8 Å². The molecule has 0 spiro atoms. The highest BCUT2D eigenvalue weighted by Gasteiger charge is 2.28. The van der Waals surface area contributed by atoms with Gasteiger partial charge in [-0.3, -0.25) is 14.5 Å². The fraction of sp³-hybridized carbons (Fsp3) is 0.621. The molecule has 0 aliphatic rings. The predicted octanol–water partition coefficient (Wildman–Crippen LogP) is 7.00. The quantitative estimate of drug-likeness (QED) is 0.352. The molecular weight excluding hydrogens is 436 g/mol. The summed E-state index contributed by atoms with van der Waals surface area (Å²) in [6, 6.07) is 8.63. The lowest BCUT2D eigenvalue weighted by Gasteiger charge is -2.21. The van der Waals surface area contributed by atoms with Crippen molar-refractivity contribution in [2.75, 3.05) is 11.9 Å². The van der Waals surface area contributed by atoms with Gasteiger partial charge in [0.2, 0.25) is 11.9 Å². The van der Waals surface area contributed by atoms with Gasteiger partial charge in [0.1, 0.15) is 5.69 Å². The van der Waals surface area contributed by atoms with Gasteiger partial charge in [-0.2, -0.15) is 0 Å². The Morgan fingerprint density at radius 2 is 1.66 bits per heavy atom.